The van der Waals surface area contributed by atoms with E-state index in [0.29, 0.717) is 22.4 Å². The van der Waals surface area contributed by atoms with Gasteiger partial charge < -0.3 is 10.1 Å². The molecular formula is C25H28N4O3S3. The van der Waals surface area contributed by atoms with Crippen LogP contribution in [-0.2, 0) is 16.6 Å². The maximum atomic E-state index is 13.6. The third-order valence-corrected chi connectivity index (χ3v) is 11.0. The Labute approximate surface area is 213 Å². The second-order valence-electron chi connectivity index (χ2n) is 9.48. The van der Waals surface area contributed by atoms with Gasteiger partial charge in [0, 0.05) is 42.6 Å². The van der Waals surface area contributed by atoms with Crippen LogP contribution >= 0.6 is 22.7 Å². The first-order valence-electron chi connectivity index (χ1n) is 12.0. The summed E-state index contributed by atoms with van der Waals surface area (Å²) >= 11 is 2.92. The SMILES string of the molecule is O=S(=O)(c1cccs1)N(CC1CC1)c1cccc2cc(-c3ncc(CN4CCC(O)CC4)s3)[nH]c12. The van der Waals surface area contributed by atoms with Crippen molar-refractivity contribution in [1.29, 1.82) is 0 Å². The molecule has 3 aromatic heterocycles. The molecule has 1 saturated heterocycles. The number of thiophene rings is 1. The van der Waals surface area contributed by atoms with E-state index in [1.54, 1.807) is 27.8 Å². The molecule has 1 aliphatic carbocycles. The Morgan fingerprint density at radius 1 is 1.14 bits per heavy atom. The van der Waals surface area contributed by atoms with Crippen molar-refractivity contribution in [3.05, 3.63) is 52.9 Å². The van der Waals surface area contributed by atoms with Crippen LogP contribution in [0.3, 0.4) is 0 Å². The van der Waals surface area contributed by atoms with Crippen LogP contribution in [0.1, 0.15) is 30.6 Å². The summed E-state index contributed by atoms with van der Waals surface area (Å²) in [6.45, 7) is 3.14. The molecule has 2 aliphatic rings. The van der Waals surface area contributed by atoms with Crippen LogP contribution in [0, 0.1) is 5.92 Å². The van der Waals surface area contributed by atoms with E-state index < -0.39 is 10.0 Å². The van der Waals surface area contributed by atoms with Crippen molar-refractivity contribution in [2.75, 3.05) is 23.9 Å². The zero-order valence-corrected chi connectivity index (χ0v) is 21.7. The Balaban J connectivity index is 1.31. The predicted octanol–water partition coefficient (Wildman–Crippen LogP) is 4.91. The lowest BCUT2D eigenvalue weighted by molar-refractivity contribution is 0.0797. The average molecular weight is 529 g/mol. The highest BCUT2D eigenvalue weighted by Gasteiger charge is 2.33. The molecule has 0 spiro atoms. The van der Waals surface area contributed by atoms with Crippen molar-refractivity contribution < 1.29 is 13.5 Å². The zero-order valence-electron chi connectivity index (χ0n) is 19.3. The van der Waals surface area contributed by atoms with Gasteiger partial charge in [0.1, 0.15) is 9.22 Å². The summed E-state index contributed by atoms with van der Waals surface area (Å²) in [6.07, 6.45) is 5.54. The first-order valence-corrected chi connectivity index (χ1v) is 15.1. The molecule has 0 amide bonds. The fourth-order valence-electron chi connectivity index (χ4n) is 4.65. The van der Waals surface area contributed by atoms with Gasteiger partial charge >= 0.3 is 0 Å². The standard InChI is InChI=1S/C25H28N4O3S3/c30-19-8-10-28(11-9-19)16-20-14-26-25(34-20)21-13-18-3-1-4-22(24(18)27-21)29(15-17-6-7-17)35(31,32)23-5-2-12-33-23/h1-5,12-14,17,19,27,30H,6-11,15-16H2. The number of rotatable bonds is 8. The number of aliphatic hydroxyl groups is 1. The summed E-state index contributed by atoms with van der Waals surface area (Å²) < 4.78 is 29.1. The number of hydrogen-bond acceptors (Lipinski definition) is 7. The molecule has 35 heavy (non-hydrogen) atoms. The molecule has 2 N–H and O–H groups in total. The molecule has 0 bridgehead atoms. The first kappa shape index (κ1) is 23.2. The molecule has 0 unspecified atom stereocenters. The Kier molecular flexibility index (Phi) is 6.18. The molecule has 0 atom stereocenters. The van der Waals surface area contributed by atoms with Crippen molar-refractivity contribution in [1.82, 2.24) is 14.9 Å². The van der Waals surface area contributed by atoms with Crippen molar-refractivity contribution >= 4 is 49.3 Å². The Morgan fingerprint density at radius 3 is 2.71 bits per heavy atom. The quantitative estimate of drug-likeness (QED) is 0.339. The van der Waals surface area contributed by atoms with E-state index in [0.717, 1.165) is 66.9 Å². The minimum atomic E-state index is -3.63. The molecule has 1 aromatic carbocycles. The number of nitrogens with zero attached hydrogens (tertiary/aromatic N) is 3. The molecule has 184 valence electrons. The first-order chi connectivity index (χ1) is 17.0. The number of likely N-dealkylation sites (tertiary alicyclic amines) is 1. The molecule has 4 heterocycles. The summed E-state index contributed by atoms with van der Waals surface area (Å²) in [4.78, 5) is 11.7. The minimum absolute atomic E-state index is 0.174. The van der Waals surface area contributed by atoms with Gasteiger partial charge in [-0.1, -0.05) is 18.2 Å². The van der Waals surface area contributed by atoms with Gasteiger partial charge in [-0.05, 0) is 55.2 Å². The van der Waals surface area contributed by atoms with Crippen LogP contribution in [0.15, 0.2) is 52.2 Å². The topological polar surface area (TPSA) is 89.5 Å². The van der Waals surface area contributed by atoms with Crippen LogP contribution < -0.4 is 4.31 Å². The molecule has 0 radical (unpaired) electrons. The number of nitrogens with one attached hydrogen (secondary N) is 1. The van der Waals surface area contributed by atoms with E-state index in [4.69, 9.17) is 0 Å². The number of piperidine rings is 1. The van der Waals surface area contributed by atoms with Crippen LogP contribution in [0.2, 0.25) is 0 Å². The molecule has 7 nitrogen and oxygen atoms in total. The van der Waals surface area contributed by atoms with Crippen molar-refractivity contribution in [3.63, 3.8) is 0 Å². The number of aromatic amines is 1. The van der Waals surface area contributed by atoms with Gasteiger partial charge in [-0.2, -0.15) is 0 Å². The second-order valence-corrected chi connectivity index (χ2v) is 13.6. The Bertz CT molecular complexity index is 1420. The Morgan fingerprint density at radius 2 is 1.97 bits per heavy atom. The van der Waals surface area contributed by atoms with E-state index >= 15 is 0 Å². The molecule has 2 fully saturated rings. The number of H-pyrrole nitrogens is 1. The maximum Gasteiger partial charge on any atom is 0.273 e. The van der Waals surface area contributed by atoms with Crippen molar-refractivity contribution in [3.8, 4) is 10.7 Å². The van der Waals surface area contributed by atoms with Crippen LogP contribution in [0.5, 0.6) is 0 Å². The van der Waals surface area contributed by atoms with Gasteiger partial charge in [0.2, 0.25) is 0 Å². The van der Waals surface area contributed by atoms with Gasteiger partial charge in [-0.25, -0.2) is 13.4 Å². The summed E-state index contributed by atoms with van der Waals surface area (Å²) in [6, 6.07) is 11.4. The number of benzene rings is 1. The smallest absolute Gasteiger partial charge is 0.273 e. The predicted molar refractivity (Wildman–Crippen MR) is 141 cm³/mol. The highest BCUT2D eigenvalue weighted by Crippen LogP contribution is 2.39. The van der Waals surface area contributed by atoms with E-state index in [1.807, 2.05) is 29.8 Å². The van der Waals surface area contributed by atoms with Gasteiger partial charge in [-0.3, -0.25) is 9.21 Å². The van der Waals surface area contributed by atoms with Gasteiger partial charge in [0.15, 0.2) is 0 Å². The number of sulfonamides is 1. The number of aromatic nitrogens is 2. The van der Waals surface area contributed by atoms with Crippen LogP contribution in [-0.4, -0.2) is 54.1 Å². The molecule has 1 saturated carbocycles. The van der Waals surface area contributed by atoms with Gasteiger partial charge in [0.25, 0.3) is 10.0 Å². The monoisotopic (exact) mass is 528 g/mol. The van der Waals surface area contributed by atoms with Gasteiger partial charge in [0.05, 0.1) is 23.0 Å². The summed E-state index contributed by atoms with van der Waals surface area (Å²) in [5.41, 5.74) is 2.42. The highest BCUT2D eigenvalue weighted by molar-refractivity contribution is 7.94. The fraction of sp³-hybridized carbons (Fsp3) is 0.400. The number of anilines is 1. The van der Waals surface area contributed by atoms with Crippen LogP contribution in [0.4, 0.5) is 5.69 Å². The van der Waals surface area contributed by atoms with Crippen LogP contribution in [0.25, 0.3) is 21.6 Å². The molecule has 10 heteroatoms. The molecule has 1 aliphatic heterocycles. The third-order valence-electron chi connectivity index (χ3n) is 6.78. The largest absolute Gasteiger partial charge is 0.393 e. The van der Waals surface area contributed by atoms with E-state index in [2.05, 4.69) is 20.9 Å². The summed E-state index contributed by atoms with van der Waals surface area (Å²) in [7, 11) is -3.63. The maximum absolute atomic E-state index is 13.6. The molecule has 4 aromatic rings. The minimum Gasteiger partial charge on any atom is -0.393 e. The van der Waals surface area contributed by atoms with Crippen molar-refractivity contribution in [2.45, 2.75) is 42.5 Å². The highest BCUT2D eigenvalue weighted by atomic mass is 32.2. The number of aliphatic hydroxyl groups excluding tert-OH is 1. The average Bonchev–Trinajstić information content (AvgIpc) is 3.26. The van der Waals surface area contributed by atoms with Gasteiger partial charge in [-0.15, -0.1) is 22.7 Å². The summed E-state index contributed by atoms with van der Waals surface area (Å²) in [5.74, 6) is 0.409. The number of hydrogen-bond donors (Lipinski definition) is 2. The Hall–Kier alpha value is -2.24. The van der Waals surface area contributed by atoms with E-state index in [1.165, 1.54) is 16.2 Å². The molecule has 6 rings (SSSR count). The zero-order chi connectivity index (χ0) is 24.0. The molecular weight excluding hydrogens is 501 g/mol. The van der Waals surface area contributed by atoms with E-state index in [9.17, 15) is 13.5 Å². The fourth-order valence-corrected chi connectivity index (χ4v) is 8.23. The lowest BCUT2D eigenvalue weighted by atomic mass is 10.1. The summed E-state index contributed by atoms with van der Waals surface area (Å²) in [5, 5.41) is 13.4. The third kappa shape index (κ3) is 4.77. The normalized spacial score (nSPS) is 17.9. The number of para-hydroxylation sites is 1. The number of fused-ring (bicyclic) bond motifs is 1. The lowest BCUT2D eigenvalue weighted by Gasteiger charge is -2.28. The van der Waals surface area contributed by atoms with Crippen molar-refractivity contribution in [2.24, 2.45) is 5.92 Å². The second kappa shape index (κ2) is 9.33. The number of thiazole rings is 1. The lowest BCUT2D eigenvalue weighted by Crippen LogP contribution is -2.35. The van der Waals surface area contributed by atoms with E-state index in [-0.39, 0.29) is 6.10 Å².